The summed E-state index contributed by atoms with van der Waals surface area (Å²) in [4.78, 5) is 70.4. The number of methoxy groups -OCH3 is 2. The molecule has 338 valence electrons. The third-order valence-electron chi connectivity index (χ3n) is 11.7. The average molecular weight is 890 g/mol. The van der Waals surface area contributed by atoms with Crippen molar-refractivity contribution in [2.75, 3.05) is 79.6 Å². The number of aromatic nitrogens is 1. The maximum absolute atomic E-state index is 13.3. The van der Waals surface area contributed by atoms with Crippen LogP contribution in [-0.4, -0.2) is 146 Å². The van der Waals surface area contributed by atoms with Gasteiger partial charge in [0.05, 0.1) is 59.2 Å². The van der Waals surface area contributed by atoms with Gasteiger partial charge in [-0.05, 0) is 88.8 Å². The number of carbonyl (C=O) groups is 4. The number of amides is 4. The van der Waals surface area contributed by atoms with Gasteiger partial charge < -0.3 is 49.3 Å². The Bertz CT molecular complexity index is 2390. The number of benzene rings is 2. The highest BCUT2D eigenvalue weighted by Crippen LogP contribution is 2.41. The molecule has 3 aliphatic heterocycles. The van der Waals surface area contributed by atoms with Crippen LogP contribution in [0.25, 0.3) is 21.2 Å². The van der Waals surface area contributed by atoms with Crippen molar-refractivity contribution in [3.63, 3.8) is 0 Å². The van der Waals surface area contributed by atoms with Crippen molar-refractivity contribution in [1.29, 1.82) is 0 Å². The van der Waals surface area contributed by atoms with Crippen molar-refractivity contribution in [2.45, 2.75) is 50.7 Å². The number of piperidine rings is 2. The Balaban J connectivity index is 0.903. The number of likely N-dealkylation sites (N-methyl/N-ethyl adjacent to an activating group) is 1. The van der Waals surface area contributed by atoms with E-state index < -0.39 is 36.2 Å². The lowest BCUT2D eigenvalue weighted by Crippen LogP contribution is -2.55. The highest BCUT2D eigenvalue weighted by Gasteiger charge is 2.46. The Hall–Kier alpha value is -5.41. The smallest absolute Gasteiger partial charge is 0.266 e. The molecule has 7 rings (SSSR count). The number of rotatable bonds is 18. The van der Waals surface area contributed by atoms with Gasteiger partial charge in [0.1, 0.15) is 42.4 Å². The molecule has 0 bridgehead atoms. The molecule has 19 heteroatoms. The van der Waals surface area contributed by atoms with Crippen LogP contribution in [0.3, 0.4) is 0 Å². The van der Waals surface area contributed by atoms with Crippen molar-refractivity contribution in [3.05, 3.63) is 69.6 Å². The van der Waals surface area contributed by atoms with Crippen LogP contribution in [0.2, 0.25) is 0 Å². The molecule has 0 radical (unpaired) electrons. The Kier molecular flexibility index (Phi) is 14.5. The number of hydrogen-bond donors (Lipinski definition) is 5. The van der Waals surface area contributed by atoms with E-state index in [9.17, 15) is 34.2 Å². The number of ether oxygens (including phenoxy) is 4. The van der Waals surface area contributed by atoms with Crippen LogP contribution in [0.1, 0.15) is 52.0 Å². The molecule has 5 heterocycles. The Labute approximate surface area is 368 Å². The lowest BCUT2D eigenvalue weighted by atomic mass is 9.96. The first kappa shape index (κ1) is 45.6. The Morgan fingerprint density at radius 2 is 1.68 bits per heavy atom. The Morgan fingerprint density at radius 3 is 2.38 bits per heavy atom. The molecular weight excluding hydrogens is 835 g/mol. The van der Waals surface area contributed by atoms with Gasteiger partial charge in [0, 0.05) is 44.4 Å². The van der Waals surface area contributed by atoms with E-state index in [0.717, 1.165) is 52.2 Å². The van der Waals surface area contributed by atoms with Crippen LogP contribution in [0.5, 0.6) is 17.2 Å². The molecule has 3 atom stereocenters. The van der Waals surface area contributed by atoms with Gasteiger partial charge in [-0.2, -0.15) is 0 Å². The van der Waals surface area contributed by atoms with Gasteiger partial charge in [0.15, 0.2) is 0 Å². The molecule has 4 amide bonds. The van der Waals surface area contributed by atoms with Crippen LogP contribution in [0, 0.1) is 5.92 Å². The van der Waals surface area contributed by atoms with Gasteiger partial charge in [-0.15, -0.1) is 11.3 Å². The number of thiophene rings is 1. The molecule has 63 heavy (non-hydrogen) atoms. The summed E-state index contributed by atoms with van der Waals surface area (Å²) in [7, 11) is 8.77. The minimum atomic E-state index is -1.01. The first-order valence-corrected chi connectivity index (χ1v) is 21.8. The van der Waals surface area contributed by atoms with Crippen molar-refractivity contribution in [3.8, 4) is 28.4 Å². The molecule has 0 saturated carbocycles. The predicted octanol–water partition coefficient (Wildman–Crippen LogP) is 2.19. The molecule has 4 aromatic rings. The second kappa shape index (κ2) is 20.0. The number of likely N-dealkylation sites (tertiary alicyclic amines) is 1. The predicted molar refractivity (Wildman–Crippen MR) is 235 cm³/mol. The topological polar surface area (TPSA) is 213 Å². The van der Waals surface area contributed by atoms with Gasteiger partial charge in [-0.3, -0.25) is 39.1 Å². The quantitative estimate of drug-likeness (QED) is 0.0551. The van der Waals surface area contributed by atoms with Crippen molar-refractivity contribution >= 4 is 50.1 Å². The molecule has 3 aliphatic rings. The number of fused-ring (bicyclic) bond motifs is 2. The monoisotopic (exact) mass is 889 g/mol. The molecular formula is C44H55N7O11S. The van der Waals surface area contributed by atoms with Gasteiger partial charge in [0.2, 0.25) is 11.8 Å². The lowest BCUT2D eigenvalue weighted by molar-refractivity contribution is -0.131. The molecule has 2 saturated heterocycles. The minimum absolute atomic E-state index is 0.0288. The number of aryl methyl sites for hydroxylation is 1. The van der Waals surface area contributed by atoms with E-state index in [0.29, 0.717) is 35.0 Å². The van der Waals surface area contributed by atoms with Gasteiger partial charge >= 0.3 is 0 Å². The van der Waals surface area contributed by atoms with E-state index in [-0.39, 0.29) is 73.5 Å². The SMILES string of the molecule is COc1cc(-c2cn(C)c(=O)c3cc(NC(=O)C4CCN(C)CC4)sc23)cc(OC)c1CN(C)CC(O)NCCOCCOc1cccc2c1C(=O)N(C1CCC(O)NC1=O)C2=O. The van der Waals surface area contributed by atoms with E-state index in [4.69, 9.17) is 18.9 Å². The molecule has 3 unspecified atom stereocenters. The summed E-state index contributed by atoms with van der Waals surface area (Å²) >= 11 is 1.37. The number of pyridine rings is 1. The van der Waals surface area contributed by atoms with E-state index >= 15 is 0 Å². The summed E-state index contributed by atoms with van der Waals surface area (Å²) in [5, 5.41) is 30.2. The number of imide groups is 1. The van der Waals surface area contributed by atoms with Crippen LogP contribution in [-0.2, 0) is 27.9 Å². The molecule has 0 spiro atoms. The summed E-state index contributed by atoms with van der Waals surface area (Å²) in [5.41, 5.74) is 2.40. The maximum atomic E-state index is 13.3. The second-order valence-corrected chi connectivity index (χ2v) is 17.2. The summed E-state index contributed by atoms with van der Waals surface area (Å²) < 4.78 is 25.5. The molecule has 18 nitrogen and oxygen atoms in total. The van der Waals surface area contributed by atoms with E-state index in [1.165, 1.54) is 22.0 Å². The zero-order valence-corrected chi connectivity index (χ0v) is 36.9. The number of carbonyl (C=O) groups excluding carboxylic acids is 4. The van der Waals surface area contributed by atoms with Crippen molar-refractivity contribution < 1.29 is 48.3 Å². The van der Waals surface area contributed by atoms with Crippen LogP contribution in [0.15, 0.2) is 47.4 Å². The third kappa shape index (κ3) is 10.0. The first-order valence-electron chi connectivity index (χ1n) is 21.0. The fourth-order valence-electron chi connectivity index (χ4n) is 8.31. The summed E-state index contributed by atoms with van der Waals surface area (Å²) in [6.45, 7) is 3.20. The zero-order chi connectivity index (χ0) is 44.9. The van der Waals surface area contributed by atoms with Gasteiger partial charge in [-0.25, -0.2) is 0 Å². The van der Waals surface area contributed by atoms with Crippen LogP contribution < -0.4 is 35.7 Å². The van der Waals surface area contributed by atoms with E-state index in [1.807, 2.05) is 24.1 Å². The standard InChI is InChI=1S/C44H55N7O11S/c1-48-14-11-25(12-15-48)40(54)47-37-21-28-39(63-37)29(23-50(3)42(28)56)26-19-33(59-4)30(34(20-26)60-5)22-49(2)24-36(53)45-13-16-61-17-18-62-32-8-6-7-27-38(32)44(58)51(43(27)57)31-9-10-35(52)46-41(31)55/h6-8,19-21,23,25,31,35-36,45,52-53H,9-18,22,24H2,1-5H3,(H,46,55)(H,47,54). The Morgan fingerprint density at radius 1 is 0.952 bits per heavy atom. The highest BCUT2D eigenvalue weighted by atomic mass is 32.1. The fourth-order valence-corrected chi connectivity index (χ4v) is 9.40. The number of nitrogens with zero attached hydrogens (tertiary/aromatic N) is 4. The second-order valence-electron chi connectivity index (χ2n) is 16.1. The number of aliphatic hydroxyl groups is 2. The summed E-state index contributed by atoms with van der Waals surface area (Å²) in [6, 6.07) is 9.25. The van der Waals surface area contributed by atoms with Crippen molar-refractivity contribution in [2.24, 2.45) is 13.0 Å². The fraction of sp³-hybridized carbons (Fsp3) is 0.477. The molecule has 2 fully saturated rings. The molecule has 2 aromatic carbocycles. The highest BCUT2D eigenvalue weighted by molar-refractivity contribution is 7.23. The average Bonchev–Trinajstić information content (AvgIpc) is 3.79. The number of hydrogen-bond acceptors (Lipinski definition) is 15. The molecule has 2 aromatic heterocycles. The van der Waals surface area contributed by atoms with Gasteiger partial charge in [-0.1, -0.05) is 6.07 Å². The minimum Gasteiger partial charge on any atom is -0.496 e. The van der Waals surface area contributed by atoms with E-state index in [2.05, 4.69) is 27.9 Å². The van der Waals surface area contributed by atoms with Gasteiger partial charge in [0.25, 0.3) is 17.4 Å². The van der Waals surface area contributed by atoms with E-state index in [1.54, 1.807) is 45.7 Å². The normalized spacial score (nSPS) is 18.8. The summed E-state index contributed by atoms with van der Waals surface area (Å²) in [5.74, 6) is -0.559. The number of aliphatic hydroxyl groups excluding tert-OH is 2. The molecule has 5 N–H and O–H groups in total. The lowest BCUT2D eigenvalue weighted by Gasteiger charge is -2.31. The zero-order valence-electron chi connectivity index (χ0n) is 36.1. The largest absolute Gasteiger partial charge is 0.496 e. The molecule has 0 aliphatic carbocycles. The van der Waals surface area contributed by atoms with Crippen molar-refractivity contribution in [1.82, 2.24) is 29.9 Å². The van der Waals surface area contributed by atoms with Crippen LogP contribution in [0.4, 0.5) is 5.00 Å². The number of anilines is 1. The first-order chi connectivity index (χ1) is 30.3. The maximum Gasteiger partial charge on any atom is 0.266 e. The van der Waals surface area contributed by atoms with Crippen LogP contribution >= 0.6 is 11.3 Å². The number of nitrogens with one attached hydrogen (secondary N) is 3. The summed E-state index contributed by atoms with van der Waals surface area (Å²) in [6.07, 6.45) is 1.83. The third-order valence-corrected chi connectivity index (χ3v) is 12.8.